The zero-order valence-electron chi connectivity index (χ0n) is 13.7. The van der Waals surface area contributed by atoms with E-state index in [1.165, 1.54) is 6.92 Å². The summed E-state index contributed by atoms with van der Waals surface area (Å²) in [6, 6.07) is 1.13. The second-order valence-electron chi connectivity index (χ2n) is 5.46. The molecule has 2 amide bonds. The number of nitro groups is 1. The topological polar surface area (TPSA) is 157 Å². The molecule has 10 nitrogen and oxygen atoms in total. The van der Waals surface area contributed by atoms with Gasteiger partial charge in [-0.3, -0.25) is 9.59 Å². The molecule has 0 fully saturated rings. The number of halogens is 3. The van der Waals surface area contributed by atoms with Gasteiger partial charge in [-0.05, 0) is 39.4 Å². The molecule has 3 rings (SSSR count). The van der Waals surface area contributed by atoms with E-state index in [-0.39, 0.29) is 30.9 Å². The van der Waals surface area contributed by atoms with Crippen LogP contribution in [0.1, 0.15) is 37.8 Å². The number of rotatable bonds is 5. The molecule has 14 heteroatoms. The highest BCUT2D eigenvalue weighted by Crippen LogP contribution is 2.38. The summed E-state index contributed by atoms with van der Waals surface area (Å²) in [6.45, 7) is 1.51. The van der Waals surface area contributed by atoms with E-state index in [2.05, 4.69) is 36.4 Å². The van der Waals surface area contributed by atoms with Crippen LogP contribution in [0, 0.1) is 17.0 Å². The SMILES string of the molecule is Cc1cc(C(F)F)nc2sc(C(N)=O)c(NC(=O)c3n[nH]c([N+](=O)[O-])c3Br)c12. The average Bonchev–Trinajstić information content (AvgIpc) is 3.16. The van der Waals surface area contributed by atoms with E-state index in [9.17, 15) is 28.5 Å². The maximum atomic E-state index is 13.0. The molecule has 146 valence electrons. The van der Waals surface area contributed by atoms with Crippen LogP contribution in [0.3, 0.4) is 0 Å². The molecule has 0 saturated carbocycles. The number of nitrogens with zero attached hydrogens (tertiary/aromatic N) is 3. The lowest BCUT2D eigenvalue weighted by Gasteiger charge is -2.07. The number of carbonyl (C=O) groups is 2. The fourth-order valence-corrected chi connectivity index (χ4v) is 4.04. The average molecular weight is 475 g/mol. The molecule has 0 saturated heterocycles. The van der Waals surface area contributed by atoms with Gasteiger partial charge in [0.2, 0.25) is 0 Å². The van der Waals surface area contributed by atoms with Crippen LogP contribution in [-0.4, -0.2) is 31.9 Å². The van der Waals surface area contributed by atoms with E-state index in [1.807, 2.05) is 0 Å². The van der Waals surface area contributed by atoms with Gasteiger partial charge in [-0.25, -0.2) is 13.8 Å². The molecular weight excluding hydrogens is 466 g/mol. The van der Waals surface area contributed by atoms with Crippen LogP contribution in [0.25, 0.3) is 10.2 Å². The molecule has 0 spiro atoms. The molecule has 0 atom stereocenters. The van der Waals surface area contributed by atoms with Gasteiger partial charge in [0.05, 0.1) is 5.69 Å². The number of hydrogen-bond acceptors (Lipinski definition) is 7. The number of amides is 2. The molecule has 0 bridgehead atoms. The highest BCUT2D eigenvalue weighted by atomic mass is 79.9. The molecule has 28 heavy (non-hydrogen) atoms. The summed E-state index contributed by atoms with van der Waals surface area (Å²) >= 11 is 3.66. The Bertz CT molecular complexity index is 1140. The van der Waals surface area contributed by atoms with E-state index in [1.54, 1.807) is 0 Å². The summed E-state index contributed by atoms with van der Waals surface area (Å²) in [5.74, 6) is -2.31. The monoisotopic (exact) mass is 474 g/mol. The highest BCUT2D eigenvalue weighted by molar-refractivity contribution is 9.10. The molecule has 0 aliphatic carbocycles. The Morgan fingerprint density at radius 1 is 1.46 bits per heavy atom. The normalized spacial score (nSPS) is 11.2. The Hall–Kier alpha value is -3.00. The van der Waals surface area contributed by atoms with Gasteiger partial charge in [0.1, 0.15) is 19.9 Å². The number of pyridine rings is 1. The van der Waals surface area contributed by atoms with Gasteiger partial charge in [-0.2, -0.15) is 0 Å². The fourth-order valence-electron chi connectivity index (χ4n) is 2.48. The van der Waals surface area contributed by atoms with Crippen LogP contribution in [0.5, 0.6) is 0 Å². The smallest absolute Gasteiger partial charge is 0.357 e. The van der Waals surface area contributed by atoms with Gasteiger partial charge in [0.15, 0.2) is 5.69 Å². The van der Waals surface area contributed by atoms with Crippen molar-refractivity contribution in [2.24, 2.45) is 5.73 Å². The number of aromatic nitrogens is 3. The number of carbonyl (C=O) groups excluding carboxylic acids is 2. The minimum atomic E-state index is -2.82. The van der Waals surface area contributed by atoms with E-state index < -0.39 is 34.7 Å². The molecule has 0 aromatic carbocycles. The minimum absolute atomic E-state index is 0.0270. The fraction of sp³-hybridized carbons (Fsp3) is 0.143. The Labute approximate surface area is 166 Å². The summed E-state index contributed by atoms with van der Waals surface area (Å²) in [7, 11) is 0. The first kappa shape index (κ1) is 19.8. The van der Waals surface area contributed by atoms with Crippen molar-refractivity contribution in [1.82, 2.24) is 15.2 Å². The molecule has 0 radical (unpaired) electrons. The van der Waals surface area contributed by atoms with Gasteiger partial charge in [0.25, 0.3) is 18.2 Å². The molecule has 4 N–H and O–H groups in total. The number of hydrogen-bond donors (Lipinski definition) is 3. The van der Waals surface area contributed by atoms with Gasteiger partial charge in [-0.15, -0.1) is 16.4 Å². The van der Waals surface area contributed by atoms with Gasteiger partial charge in [0, 0.05) is 5.39 Å². The Kier molecular flexibility index (Phi) is 5.08. The van der Waals surface area contributed by atoms with Gasteiger partial charge >= 0.3 is 5.82 Å². The van der Waals surface area contributed by atoms with E-state index in [4.69, 9.17) is 5.73 Å². The van der Waals surface area contributed by atoms with Crippen molar-refractivity contribution in [1.29, 1.82) is 0 Å². The third-order valence-corrected chi connectivity index (χ3v) is 5.50. The number of aromatic amines is 1. The zero-order chi connectivity index (χ0) is 20.7. The predicted octanol–water partition coefficient (Wildman–Crippen LogP) is 3.29. The number of H-pyrrole nitrogens is 1. The van der Waals surface area contributed by atoms with Crippen molar-refractivity contribution in [2.45, 2.75) is 13.3 Å². The second kappa shape index (κ2) is 7.20. The number of nitrogens with two attached hydrogens (primary N) is 1. The van der Waals surface area contributed by atoms with Gasteiger partial charge in [-0.1, -0.05) is 5.10 Å². The lowest BCUT2D eigenvalue weighted by atomic mass is 10.1. The number of nitrogens with one attached hydrogen (secondary N) is 2. The van der Waals surface area contributed by atoms with Crippen molar-refractivity contribution in [3.8, 4) is 0 Å². The number of anilines is 1. The summed E-state index contributed by atoms with van der Waals surface area (Å²) in [4.78, 5) is 38.2. The number of aryl methyl sites for hydroxylation is 1. The molecule has 3 aromatic rings. The maximum Gasteiger partial charge on any atom is 0.357 e. The maximum absolute atomic E-state index is 13.0. The molecule has 0 unspecified atom stereocenters. The van der Waals surface area contributed by atoms with Crippen LogP contribution in [0.15, 0.2) is 10.5 Å². The number of thiophene rings is 1. The zero-order valence-corrected chi connectivity index (χ0v) is 16.2. The summed E-state index contributed by atoms with van der Waals surface area (Å²) in [6.07, 6.45) is -2.82. The summed E-state index contributed by atoms with van der Waals surface area (Å²) in [5, 5.41) is 19.2. The van der Waals surface area contributed by atoms with Crippen molar-refractivity contribution in [3.05, 3.63) is 42.5 Å². The quantitative estimate of drug-likeness (QED) is 0.380. The van der Waals surface area contributed by atoms with Crippen molar-refractivity contribution in [3.63, 3.8) is 0 Å². The molecule has 0 aliphatic heterocycles. The van der Waals surface area contributed by atoms with E-state index in [0.29, 0.717) is 5.56 Å². The first-order valence-electron chi connectivity index (χ1n) is 7.33. The Morgan fingerprint density at radius 3 is 2.68 bits per heavy atom. The molecular formula is C14H9BrF2N6O4S. The lowest BCUT2D eigenvalue weighted by molar-refractivity contribution is -0.390. The number of primary amides is 1. The molecule has 0 aliphatic rings. The third kappa shape index (κ3) is 3.31. The Morgan fingerprint density at radius 2 is 2.14 bits per heavy atom. The van der Waals surface area contributed by atoms with Crippen molar-refractivity contribution < 1.29 is 23.3 Å². The predicted molar refractivity (Wildman–Crippen MR) is 98.7 cm³/mol. The van der Waals surface area contributed by atoms with Gasteiger partial charge < -0.3 is 21.2 Å². The minimum Gasteiger partial charge on any atom is -0.365 e. The largest absolute Gasteiger partial charge is 0.365 e. The standard InChI is InChI=1S/C14H9BrF2N6O4S/c1-3-2-4(10(16)17)19-14-5(3)7(9(28-14)11(18)24)20-13(25)8-6(15)12(22-21-8)23(26)27/h2,10H,1H3,(H2,18,24)(H,20,25)(H,21,22). The van der Waals surface area contributed by atoms with Crippen LogP contribution >= 0.6 is 27.3 Å². The first-order valence-corrected chi connectivity index (χ1v) is 8.94. The van der Waals surface area contributed by atoms with E-state index in [0.717, 1.165) is 17.4 Å². The van der Waals surface area contributed by atoms with Crippen LogP contribution in [-0.2, 0) is 0 Å². The summed E-state index contributed by atoms with van der Waals surface area (Å²) < 4.78 is 25.8. The van der Waals surface area contributed by atoms with E-state index >= 15 is 0 Å². The number of alkyl halides is 2. The first-order chi connectivity index (χ1) is 13.1. The molecule has 3 aromatic heterocycles. The number of fused-ring (bicyclic) bond motifs is 1. The van der Waals surface area contributed by atoms with Crippen LogP contribution in [0.2, 0.25) is 0 Å². The molecule has 3 heterocycles. The second-order valence-corrected chi connectivity index (χ2v) is 7.25. The van der Waals surface area contributed by atoms with Crippen molar-refractivity contribution in [2.75, 3.05) is 5.32 Å². The van der Waals surface area contributed by atoms with Crippen LogP contribution in [0.4, 0.5) is 20.3 Å². The lowest BCUT2D eigenvalue weighted by Crippen LogP contribution is -2.17. The third-order valence-electron chi connectivity index (χ3n) is 3.65. The highest BCUT2D eigenvalue weighted by Gasteiger charge is 2.28. The van der Waals surface area contributed by atoms with Crippen molar-refractivity contribution >= 4 is 60.8 Å². The Balaban J connectivity index is 2.12. The summed E-state index contributed by atoms with van der Waals surface area (Å²) in [5.41, 5.74) is 4.83. The van der Waals surface area contributed by atoms with Crippen LogP contribution < -0.4 is 11.1 Å².